The van der Waals surface area contributed by atoms with Gasteiger partial charge in [-0.2, -0.15) is 0 Å². The van der Waals surface area contributed by atoms with Crippen molar-refractivity contribution in [2.75, 3.05) is 26.7 Å². The minimum atomic E-state index is -0.405. The molecule has 1 heterocycles. The Morgan fingerprint density at radius 1 is 1.37 bits per heavy atom. The highest BCUT2D eigenvalue weighted by Crippen LogP contribution is 2.19. The average Bonchev–Trinajstić information content (AvgIpc) is 2.35. The Bertz CT molecular complexity index is 291. The summed E-state index contributed by atoms with van der Waals surface area (Å²) in [7, 11) is 2.04. The van der Waals surface area contributed by atoms with Crippen LogP contribution >= 0.6 is 0 Å². The first-order valence-corrected chi connectivity index (χ1v) is 7.41. The summed E-state index contributed by atoms with van der Waals surface area (Å²) >= 11 is 0. The standard InChI is InChI=1S/C15H30N2O2/c1-7-17-10-8-13(9-11-17)16(6)12(2)14(18)19-15(3,4)5/h12-13H,7-11H2,1-6H3. The molecule has 0 N–H and O–H groups in total. The van der Waals surface area contributed by atoms with E-state index in [0.29, 0.717) is 6.04 Å². The molecule has 1 unspecified atom stereocenters. The second-order valence-corrected chi connectivity index (χ2v) is 6.54. The van der Waals surface area contributed by atoms with E-state index in [1.165, 1.54) is 0 Å². The van der Waals surface area contributed by atoms with Crippen LogP contribution in [0.3, 0.4) is 0 Å². The van der Waals surface area contributed by atoms with E-state index in [9.17, 15) is 4.79 Å². The monoisotopic (exact) mass is 270 g/mol. The van der Waals surface area contributed by atoms with Crippen molar-refractivity contribution in [3.8, 4) is 0 Å². The van der Waals surface area contributed by atoms with Crippen LogP contribution in [0.1, 0.15) is 47.5 Å². The van der Waals surface area contributed by atoms with E-state index in [-0.39, 0.29) is 12.0 Å². The number of hydrogen-bond donors (Lipinski definition) is 0. The predicted molar refractivity (Wildman–Crippen MR) is 78.2 cm³/mol. The zero-order valence-corrected chi connectivity index (χ0v) is 13.4. The number of nitrogens with zero attached hydrogens (tertiary/aromatic N) is 2. The highest BCUT2D eigenvalue weighted by Gasteiger charge is 2.30. The van der Waals surface area contributed by atoms with Gasteiger partial charge in [-0.1, -0.05) is 6.92 Å². The van der Waals surface area contributed by atoms with Gasteiger partial charge in [0.15, 0.2) is 0 Å². The van der Waals surface area contributed by atoms with E-state index in [0.717, 1.165) is 32.5 Å². The summed E-state index contributed by atoms with van der Waals surface area (Å²) in [4.78, 5) is 16.7. The summed E-state index contributed by atoms with van der Waals surface area (Å²) in [5.74, 6) is -0.118. The van der Waals surface area contributed by atoms with Crippen molar-refractivity contribution in [1.82, 2.24) is 9.80 Å². The molecular weight excluding hydrogens is 240 g/mol. The molecule has 0 aliphatic carbocycles. The lowest BCUT2D eigenvalue weighted by atomic mass is 10.0. The molecule has 1 rings (SSSR count). The van der Waals surface area contributed by atoms with Crippen molar-refractivity contribution in [1.29, 1.82) is 0 Å². The van der Waals surface area contributed by atoms with Gasteiger partial charge in [0.25, 0.3) is 0 Å². The highest BCUT2D eigenvalue weighted by molar-refractivity contribution is 5.75. The van der Waals surface area contributed by atoms with Crippen molar-refractivity contribution < 1.29 is 9.53 Å². The molecule has 0 aromatic rings. The van der Waals surface area contributed by atoms with Gasteiger partial charge in [-0.05, 0) is 67.2 Å². The van der Waals surface area contributed by atoms with Crippen LogP contribution in [0.4, 0.5) is 0 Å². The first-order chi connectivity index (χ1) is 8.74. The van der Waals surface area contributed by atoms with Crippen LogP contribution in [-0.2, 0) is 9.53 Å². The fourth-order valence-electron chi connectivity index (χ4n) is 2.51. The van der Waals surface area contributed by atoms with Crippen molar-refractivity contribution in [3.05, 3.63) is 0 Å². The van der Waals surface area contributed by atoms with Gasteiger partial charge in [0.05, 0.1) is 0 Å². The zero-order valence-electron chi connectivity index (χ0n) is 13.4. The number of piperidine rings is 1. The van der Waals surface area contributed by atoms with Gasteiger partial charge in [-0.25, -0.2) is 0 Å². The maximum atomic E-state index is 12.1. The third-order valence-electron chi connectivity index (χ3n) is 3.94. The van der Waals surface area contributed by atoms with Crippen molar-refractivity contribution in [2.24, 2.45) is 0 Å². The Hall–Kier alpha value is -0.610. The Balaban J connectivity index is 2.48. The molecule has 1 aliphatic rings. The molecular formula is C15H30N2O2. The minimum absolute atomic E-state index is 0.118. The summed E-state index contributed by atoms with van der Waals surface area (Å²) < 4.78 is 5.46. The second-order valence-electron chi connectivity index (χ2n) is 6.54. The van der Waals surface area contributed by atoms with E-state index >= 15 is 0 Å². The fraction of sp³-hybridized carbons (Fsp3) is 0.933. The second kappa shape index (κ2) is 6.71. The van der Waals surface area contributed by atoms with Crippen molar-refractivity contribution in [3.63, 3.8) is 0 Å². The van der Waals surface area contributed by atoms with E-state index < -0.39 is 5.60 Å². The van der Waals surface area contributed by atoms with E-state index in [4.69, 9.17) is 4.74 Å². The molecule has 0 spiro atoms. The molecule has 1 atom stereocenters. The number of esters is 1. The molecule has 0 saturated carbocycles. The molecule has 0 radical (unpaired) electrons. The number of carbonyl (C=O) groups is 1. The van der Waals surface area contributed by atoms with E-state index in [1.54, 1.807) is 0 Å². The lowest BCUT2D eigenvalue weighted by Crippen LogP contribution is -2.49. The van der Waals surface area contributed by atoms with Crippen LogP contribution < -0.4 is 0 Å². The normalized spacial score (nSPS) is 20.6. The van der Waals surface area contributed by atoms with Crippen molar-refractivity contribution >= 4 is 5.97 Å². The van der Waals surface area contributed by atoms with Gasteiger partial charge < -0.3 is 9.64 Å². The smallest absolute Gasteiger partial charge is 0.323 e. The largest absolute Gasteiger partial charge is 0.459 e. The first kappa shape index (κ1) is 16.4. The van der Waals surface area contributed by atoms with Crippen LogP contribution in [0.15, 0.2) is 0 Å². The van der Waals surface area contributed by atoms with Gasteiger partial charge >= 0.3 is 5.97 Å². The number of rotatable bonds is 4. The molecule has 4 heteroatoms. The quantitative estimate of drug-likeness (QED) is 0.733. The summed E-state index contributed by atoms with van der Waals surface area (Å²) in [6.07, 6.45) is 2.27. The van der Waals surface area contributed by atoms with Crippen LogP contribution in [0.2, 0.25) is 0 Å². The summed E-state index contributed by atoms with van der Waals surface area (Å²) in [6.45, 7) is 13.3. The third-order valence-corrected chi connectivity index (χ3v) is 3.94. The Morgan fingerprint density at radius 2 is 1.89 bits per heavy atom. The third kappa shape index (κ3) is 5.11. The highest BCUT2D eigenvalue weighted by atomic mass is 16.6. The molecule has 0 aromatic carbocycles. The predicted octanol–water partition coefficient (Wildman–Crippen LogP) is 2.13. The van der Waals surface area contributed by atoms with Crippen LogP contribution in [0.25, 0.3) is 0 Å². The SMILES string of the molecule is CCN1CCC(N(C)C(C)C(=O)OC(C)(C)C)CC1. The molecule has 1 aliphatic heterocycles. The summed E-state index contributed by atoms with van der Waals surface area (Å²) in [5.41, 5.74) is -0.405. The lowest BCUT2D eigenvalue weighted by molar-refractivity contribution is -0.161. The van der Waals surface area contributed by atoms with Gasteiger partial charge in [0, 0.05) is 6.04 Å². The molecule has 4 nitrogen and oxygen atoms in total. The fourth-order valence-corrected chi connectivity index (χ4v) is 2.51. The molecule has 1 fully saturated rings. The van der Waals surface area contributed by atoms with Gasteiger partial charge in [0.2, 0.25) is 0 Å². The number of likely N-dealkylation sites (N-methyl/N-ethyl adjacent to an activating group) is 1. The molecule has 0 bridgehead atoms. The van der Waals surface area contributed by atoms with E-state index in [2.05, 4.69) is 16.7 Å². The van der Waals surface area contributed by atoms with Gasteiger partial charge in [-0.3, -0.25) is 9.69 Å². The van der Waals surface area contributed by atoms with Crippen LogP contribution in [0, 0.1) is 0 Å². The summed E-state index contributed by atoms with van der Waals surface area (Å²) in [5, 5.41) is 0. The first-order valence-electron chi connectivity index (χ1n) is 7.41. The van der Waals surface area contributed by atoms with Crippen molar-refractivity contribution in [2.45, 2.75) is 65.1 Å². The Kier molecular flexibility index (Phi) is 5.81. The molecule has 19 heavy (non-hydrogen) atoms. The molecule has 112 valence electrons. The Labute approximate surface area is 118 Å². The Morgan fingerprint density at radius 3 is 2.32 bits per heavy atom. The van der Waals surface area contributed by atoms with E-state index in [1.807, 2.05) is 34.7 Å². The van der Waals surface area contributed by atoms with Gasteiger partial charge in [-0.15, -0.1) is 0 Å². The van der Waals surface area contributed by atoms with Gasteiger partial charge in [0.1, 0.15) is 11.6 Å². The maximum absolute atomic E-state index is 12.1. The number of hydrogen-bond acceptors (Lipinski definition) is 4. The zero-order chi connectivity index (χ0) is 14.6. The number of likely N-dealkylation sites (tertiary alicyclic amines) is 1. The topological polar surface area (TPSA) is 32.8 Å². The van der Waals surface area contributed by atoms with Crippen LogP contribution in [0.5, 0.6) is 0 Å². The molecule has 0 amide bonds. The lowest BCUT2D eigenvalue weighted by Gasteiger charge is -2.38. The summed E-state index contributed by atoms with van der Waals surface area (Å²) in [6, 6.07) is 0.322. The average molecular weight is 270 g/mol. The number of ether oxygens (including phenoxy) is 1. The maximum Gasteiger partial charge on any atom is 0.323 e. The number of carbonyl (C=O) groups excluding carboxylic acids is 1. The van der Waals surface area contributed by atoms with Crippen LogP contribution in [-0.4, -0.2) is 60.1 Å². The minimum Gasteiger partial charge on any atom is -0.459 e. The molecule has 0 aromatic heterocycles. The molecule has 1 saturated heterocycles.